The Bertz CT molecular complexity index is 948. The molecule has 6 unspecified atom stereocenters. The number of hydrogen-bond donors (Lipinski definition) is 0. The van der Waals surface area contributed by atoms with E-state index >= 15 is 0 Å². The van der Waals surface area contributed by atoms with E-state index in [9.17, 15) is 9.59 Å². The summed E-state index contributed by atoms with van der Waals surface area (Å²) >= 11 is 0. The van der Waals surface area contributed by atoms with Gasteiger partial charge in [-0.25, -0.2) is 0 Å². The highest BCUT2D eigenvalue weighted by Crippen LogP contribution is 2.65. The summed E-state index contributed by atoms with van der Waals surface area (Å²) in [5.41, 5.74) is 3.89. The van der Waals surface area contributed by atoms with Gasteiger partial charge in [0, 0.05) is 31.7 Å². The van der Waals surface area contributed by atoms with Crippen molar-refractivity contribution < 1.29 is 14.3 Å². The minimum Gasteiger partial charge on any atom is -0.462 e. The van der Waals surface area contributed by atoms with E-state index in [0.29, 0.717) is 24.0 Å². The zero-order chi connectivity index (χ0) is 21.1. The lowest BCUT2D eigenvalue weighted by Gasteiger charge is -2.57. The summed E-state index contributed by atoms with van der Waals surface area (Å²) in [5, 5.41) is 0. The van der Waals surface area contributed by atoms with Crippen LogP contribution in [0, 0.1) is 28.6 Å². The standard InChI is InChI=1S/C26H31NO3/c1-16(28)30-19-8-10-25(2)18(13-19)14-23(29)24-21-7-6-20(17-5-4-12-27-15-17)26(21,3)11-9-22(24)25/h4-6,12,14-15,19,21-22,24H,7-11,13H2,1-3H3. The maximum atomic E-state index is 13.5. The number of hydrogen-bond acceptors (Lipinski definition) is 4. The van der Waals surface area contributed by atoms with E-state index in [2.05, 4.69) is 31.0 Å². The number of pyridine rings is 1. The minimum absolute atomic E-state index is 0.0382. The highest BCUT2D eigenvalue weighted by Gasteiger charge is 2.59. The molecule has 0 saturated heterocycles. The predicted octanol–water partition coefficient (Wildman–Crippen LogP) is 5.15. The van der Waals surface area contributed by atoms with Crippen molar-refractivity contribution in [3.05, 3.63) is 47.8 Å². The maximum Gasteiger partial charge on any atom is 0.302 e. The van der Waals surface area contributed by atoms with E-state index in [-0.39, 0.29) is 28.8 Å². The second-order valence-corrected chi connectivity index (χ2v) is 10.3. The fourth-order valence-electron chi connectivity index (χ4n) is 7.25. The molecule has 4 nitrogen and oxygen atoms in total. The Morgan fingerprint density at radius 3 is 2.70 bits per heavy atom. The second kappa shape index (κ2) is 6.90. The Morgan fingerprint density at radius 1 is 1.17 bits per heavy atom. The van der Waals surface area contributed by atoms with Crippen molar-refractivity contribution in [2.24, 2.45) is 28.6 Å². The molecule has 2 fully saturated rings. The van der Waals surface area contributed by atoms with Gasteiger partial charge in [0.1, 0.15) is 6.10 Å². The first-order valence-corrected chi connectivity index (χ1v) is 11.4. The van der Waals surface area contributed by atoms with Crippen molar-refractivity contribution in [2.75, 3.05) is 0 Å². The highest BCUT2D eigenvalue weighted by molar-refractivity contribution is 5.95. The minimum atomic E-state index is -0.224. The van der Waals surface area contributed by atoms with Gasteiger partial charge in [0.25, 0.3) is 0 Å². The molecule has 0 radical (unpaired) electrons. The van der Waals surface area contributed by atoms with Gasteiger partial charge in [0.05, 0.1) is 0 Å². The molecule has 30 heavy (non-hydrogen) atoms. The van der Waals surface area contributed by atoms with Crippen LogP contribution in [0.15, 0.2) is 42.3 Å². The van der Waals surface area contributed by atoms with E-state index in [1.54, 1.807) is 0 Å². The molecule has 4 aliphatic carbocycles. The first kappa shape index (κ1) is 19.7. The summed E-state index contributed by atoms with van der Waals surface area (Å²) in [6, 6.07) is 4.15. The lowest BCUT2D eigenvalue weighted by Crippen LogP contribution is -2.53. The molecule has 1 aromatic heterocycles. The zero-order valence-corrected chi connectivity index (χ0v) is 18.2. The summed E-state index contributed by atoms with van der Waals surface area (Å²) < 4.78 is 5.50. The first-order chi connectivity index (χ1) is 14.3. The van der Waals surface area contributed by atoms with Gasteiger partial charge in [-0.1, -0.05) is 31.6 Å². The third-order valence-electron chi connectivity index (χ3n) is 8.79. The molecule has 0 amide bonds. The molecule has 1 heterocycles. The fourth-order valence-corrected chi connectivity index (χ4v) is 7.25. The molecule has 5 rings (SSSR count). The van der Waals surface area contributed by atoms with Crippen molar-refractivity contribution in [3.63, 3.8) is 0 Å². The third-order valence-corrected chi connectivity index (χ3v) is 8.79. The smallest absolute Gasteiger partial charge is 0.302 e. The number of allylic oxidation sites excluding steroid dienone is 3. The number of fused-ring (bicyclic) bond motifs is 5. The van der Waals surface area contributed by atoms with Crippen LogP contribution in [0.4, 0.5) is 0 Å². The average molecular weight is 406 g/mol. The Balaban J connectivity index is 1.46. The molecule has 1 aromatic rings. The van der Waals surface area contributed by atoms with E-state index in [4.69, 9.17) is 4.74 Å². The highest BCUT2D eigenvalue weighted by atomic mass is 16.5. The molecule has 6 atom stereocenters. The van der Waals surface area contributed by atoms with Crippen LogP contribution in [0.25, 0.3) is 5.57 Å². The monoisotopic (exact) mass is 405 g/mol. The van der Waals surface area contributed by atoms with E-state index in [1.807, 2.05) is 24.5 Å². The van der Waals surface area contributed by atoms with Gasteiger partial charge in [-0.2, -0.15) is 0 Å². The summed E-state index contributed by atoms with van der Waals surface area (Å²) in [6.07, 6.45) is 13.8. The number of carbonyl (C=O) groups excluding carboxylic acids is 2. The molecule has 0 N–H and O–H groups in total. The molecular weight excluding hydrogens is 374 g/mol. The van der Waals surface area contributed by atoms with Crippen molar-refractivity contribution in [2.45, 2.75) is 65.4 Å². The second-order valence-electron chi connectivity index (χ2n) is 10.3. The molecule has 158 valence electrons. The number of aromatic nitrogens is 1. The Labute approximate surface area is 178 Å². The van der Waals surface area contributed by atoms with Gasteiger partial charge in [-0.15, -0.1) is 0 Å². The van der Waals surface area contributed by atoms with E-state index in [0.717, 1.165) is 32.1 Å². The summed E-state index contributed by atoms with van der Waals surface area (Å²) in [6.45, 7) is 6.20. The topological polar surface area (TPSA) is 56.3 Å². The summed E-state index contributed by atoms with van der Waals surface area (Å²) in [7, 11) is 0. The number of rotatable bonds is 2. The predicted molar refractivity (Wildman–Crippen MR) is 115 cm³/mol. The van der Waals surface area contributed by atoms with E-state index < -0.39 is 0 Å². The number of ether oxygens (including phenoxy) is 1. The molecule has 4 aliphatic rings. The average Bonchev–Trinajstić information content (AvgIpc) is 3.06. The van der Waals surface area contributed by atoms with Crippen molar-refractivity contribution in [1.29, 1.82) is 0 Å². The lowest BCUT2D eigenvalue weighted by atomic mass is 9.47. The SMILES string of the molecule is CC(=O)OC1CCC2(C)C(=CC(=O)C3C2CCC2(C)C(c4cccnc4)=CCC32)C1. The van der Waals surface area contributed by atoms with Crippen LogP contribution in [-0.4, -0.2) is 22.8 Å². The van der Waals surface area contributed by atoms with Crippen molar-refractivity contribution >= 4 is 17.3 Å². The van der Waals surface area contributed by atoms with Crippen LogP contribution in [-0.2, 0) is 14.3 Å². The normalized spacial score (nSPS) is 39.9. The lowest BCUT2D eigenvalue weighted by molar-refractivity contribution is -0.148. The van der Waals surface area contributed by atoms with Gasteiger partial charge >= 0.3 is 5.97 Å². The number of nitrogens with zero attached hydrogens (tertiary/aromatic N) is 1. The van der Waals surface area contributed by atoms with Gasteiger partial charge in [0.15, 0.2) is 5.78 Å². The van der Waals surface area contributed by atoms with Gasteiger partial charge < -0.3 is 4.74 Å². The number of ketones is 1. The Hall–Kier alpha value is -2.23. The molecule has 0 aliphatic heterocycles. The molecular formula is C26H31NO3. The number of esters is 1. The van der Waals surface area contributed by atoms with Crippen LogP contribution >= 0.6 is 0 Å². The Morgan fingerprint density at radius 2 is 1.97 bits per heavy atom. The molecule has 0 spiro atoms. The van der Waals surface area contributed by atoms with E-state index in [1.165, 1.54) is 23.6 Å². The fraction of sp³-hybridized carbons (Fsp3) is 0.577. The van der Waals surface area contributed by atoms with Gasteiger partial charge in [-0.05, 0) is 78.0 Å². The summed E-state index contributed by atoms with van der Waals surface area (Å²) in [5.74, 6) is 0.918. The van der Waals surface area contributed by atoms with Crippen LogP contribution in [0.2, 0.25) is 0 Å². The van der Waals surface area contributed by atoms with Crippen molar-refractivity contribution in [3.8, 4) is 0 Å². The molecule has 0 aromatic carbocycles. The molecule has 4 heteroatoms. The largest absolute Gasteiger partial charge is 0.462 e. The van der Waals surface area contributed by atoms with Crippen LogP contribution in [0.1, 0.15) is 64.9 Å². The zero-order valence-electron chi connectivity index (χ0n) is 18.2. The summed E-state index contributed by atoms with van der Waals surface area (Å²) in [4.78, 5) is 29.2. The van der Waals surface area contributed by atoms with Crippen molar-refractivity contribution in [1.82, 2.24) is 4.98 Å². The third kappa shape index (κ3) is 2.83. The quantitative estimate of drug-likeness (QED) is 0.639. The van der Waals surface area contributed by atoms with Gasteiger partial charge in [-0.3, -0.25) is 14.6 Å². The molecule has 2 saturated carbocycles. The Kier molecular flexibility index (Phi) is 4.53. The van der Waals surface area contributed by atoms with Gasteiger partial charge in [0.2, 0.25) is 0 Å². The first-order valence-electron chi connectivity index (χ1n) is 11.4. The maximum absolute atomic E-state index is 13.5. The molecule has 0 bridgehead atoms. The van der Waals surface area contributed by atoms with Crippen LogP contribution in [0.3, 0.4) is 0 Å². The number of carbonyl (C=O) groups is 2. The van der Waals surface area contributed by atoms with Crippen LogP contribution in [0.5, 0.6) is 0 Å². The van der Waals surface area contributed by atoms with Crippen LogP contribution < -0.4 is 0 Å².